The molecular weight excluding hydrogens is 553 g/mol. The molecule has 2 aromatic heterocycles. The van der Waals surface area contributed by atoms with Gasteiger partial charge in [-0.1, -0.05) is 29.3 Å². The molecule has 2 aromatic carbocycles. The molecule has 2 unspecified atom stereocenters. The van der Waals surface area contributed by atoms with E-state index >= 15 is 0 Å². The number of carbonyl (C=O) groups excluding carboxylic acids is 1. The van der Waals surface area contributed by atoms with Gasteiger partial charge in [-0.15, -0.1) is 0 Å². The first kappa shape index (κ1) is 27.0. The Labute approximate surface area is 242 Å². The molecule has 1 saturated heterocycles. The third-order valence-electron chi connectivity index (χ3n) is 6.81. The number of hydrogen-bond acceptors (Lipinski definition) is 4. The number of aryl methyl sites for hydroxylation is 1. The molecule has 10 heteroatoms. The highest BCUT2D eigenvalue weighted by atomic mass is 35.5. The van der Waals surface area contributed by atoms with Gasteiger partial charge >= 0.3 is 0 Å². The topological polar surface area (TPSA) is 71.4 Å². The summed E-state index contributed by atoms with van der Waals surface area (Å²) >= 11 is 18.7. The number of carbonyl (C=O) groups is 1. The Morgan fingerprint density at radius 3 is 2.56 bits per heavy atom. The number of halogens is 2. The zero-order valence-electron chi connectivity index (χ0n) is 21.8. The number of hydrogen-bond donors (Lipinski definition) is 2. The van der Waals surface area contributed by atoms with Crippen LogP contribution in [0.3, 0.4) is 0 Å². The molecule has 0 aliphatic carbocycles. The van der Waals surface area contributed by atoms with Crippen molar-refractivity contribution in [1.82, 2.24) is 14.9 Å². The van der Waals surface area contributed by atoms with Gasteiger partial charge in [0.2, 0.25) is 5.91 Å². The average molecular weight is 581 g/mol. The number of benzene rings is 2. The van der Waals surface area contributed by atoms with Gasteiger partial charge in [-0.05, 0) is 86.2 Å². The Kier molecular flexibility index (Phi) is 7.53. The fourth-order valence-electron chi connectivity index (χ4n) is 5.20. The van der Waals surface area contributed by atoms with Crippen LogP contribution >= 0.6 is 35.4 Å². The summed E-state index contributed by atoms with van der Waals surface area (Å²) in [4.78, 5) is 18.6. The Morgan fingerprint density at radius 1 is 1.10 bits per heavy atom. The van der Waals surface area contributed by atoms with Gasteiger partial charge in [0.05, 0.1) is 41.3 Å². The maximum atomic E-state index is 11.9. The SMILES string of the molecule is COc1ccc(N2C(=S)NC(c3ccccn3)C2c2cc(C)n(-c3ccc(Cl)cc3Cl)c2C)cc1NC(C)=O. The monoisotopic (exact) mass is 579 g/mol. The van der Waals surface area contributed by atoms with Crippen LogP contribution in [0.5, 0.6) is 5.75 Å². The van der Waals surface area contributed by atoms with E-state index in [9.17, 15) is 4.79 Å². The number of amides is 1. The number of pyridine rings is 1. The maximum absolute atomic E-state index is 11.9. The smallest absolute Gasteiger partial charge is 0.221 e. The Morgan fingerprint density at radius 2 is 1.90 bits per heavy atom. The van der Waals surface area contributed by atoms with E-state index in [0.717, 1.165) is 34.0 Å². The van der Waals surface area contributed by atoms with Crippen molar-refractivity contribution in [2.24, 2.45) is 0 Å². The van der Waals surface area contributed by atoms with Crippen molar-refractivity contribution >= 4 is 57.8 Å². The summed E-state index contributed by atoms with van der Waals surface area (Å²) in [5, 5.41) is 8.04. The van der Waals surface area contributed by atoms with Crippen molar-refractivity contribution in [3.05, 3.63) is 99.6 Å². The quantitative estimate of drug-likeness (QED) is 0.241. The van der Waals surface area contributed by atoms with E-state index in [2.05, 4.69) is 38.1 Å². The minimum Gasteiger partial charge on any atom is -0.495 e. The average Bonchev–Trinajstić information content (AvgIpc) is 3.39. The minimum absolute atomic E-state index is 0.195. The van der Waals surface area contributed by atoms with Crippen LogP contribution in [-0.2, 0) is 4.79 Å². The molecule has 1 fully saturated rings. The van der Waals surface area contributed by atoms with Gasteiger partial charge in [0.15, 0.2) is 5.11 Å². The summed E-state index contributed by atoms with van der Waals surface area (Å²) in [6, 6.07) is 18.6. The van der Waals surface area contributed by atoms with Crippen LogP contribution < -0.4 is 20.3 Å². The number of aromatic nitrogens is 2. The van der Waals surface area contributed by atoms with Crippen molar-refractivity contribution in [2.45, 2.75) is 32.9 Å². The molecule has 0 saturated carbocycles. The van der Waals surface area contributed by atoms with Crippen LogP contribution in [0.1, 0.15) is 41.7 Å². The van der Waals surface area contributed by atoms with E-state index < -0.39 is 0 Å². The van der Waals surface area contributed by atoms with E-state index in [-0.39, 0.29) is 18.0 Å². The summed E-state index contributed by atoms with van der Waals surface area (Å²) in [5.74, 6) is 0.360. The van der Waals surface area contributed by atoms with Gasteiger partial charge in [-0.3, -0.25) is 9.78 Å². The molecule has 0 spiro atoms. The van der Waals surface area contributed by atoms with E-state index in [4.69, 9.17) is 40.2 Å². The lowest BCUT2D eigenvalue weighted by Gasteiger charge is -2.29. The van der Waals surface area contributed by atoms with Crippen LogP contribution in [0, 0.1) is 13.8 Å². The Bertz CT molecular complexity index is 1570. The lowest BCUT2D eigenvalue weighted by atomic mass is 9.96. The number of methoxy groups -OCH3 is 1. The zero-order chi connectivity index (χ0) is 27.8. The Balaban J connectivity index is 1.69. The summed E-state index contributed by atoms with van der Waals surface area (Å²) in [5.41, 5.74) is 6.14. The van der Waals surface area contributed by atoms with E-state index in [1.54, 1.807) is 19.4 Å². The first-order chi connectivity index (χ1) is 18.7. The number of thiocarbonyl (C=S) groups is 1. The summed E-state index contributed by atoms with van der Waals surface area (Å²) in [6.45, 7) is 5.58. The minimum atomic E-state index is -0.253. The van der Waals surface area contributed by atoms with Gasteiger partial charge in [-0.25, -0.2) is 0 Å². The molecule has 0 radical (unpaired) electrons. The van der Waals surface area contributed by atoms with Gasteiger partial charge < -0.3 is 24.8 Å². The molecule has 4 aromatic rings. The molecule has 7 nitrogen and oxygen atoms in total. The largest absolute Gasteiger partial charge is 0.495 e. The van der Waals surface area contributed by atoms with Crippen LogP contribution in [0.15, 0.2) is 66.9 Å². The van der Waals surface area contributed by atoms with Crippen LogP contribution in [0.4, 0.5) is 11.4 Å². The van der Waals surface area contributed by atoms with Crippen molar-refractivity contribution in [1.29, 1.82) is 0 Å². The third-order valence-corrected chi connectivity index (χ3v) is 7.66. The second-order valence-electron chi connectivity index (χ2n) is 9.32. The summed E-state index contributed by atoms with van der Waals surface area (Å²) < 4.78 is 7.61. The molecule has 200 valence electrons. The molecule has 2 N–H and O–H groups in total. The fourth-order valence-corrected chi connectivity index (χ4v) is 6.04. The second-order valence-corrected chi connectivity index (χ2v) is 10.6. The fraction of sp³-hybridized carbons (Fsp3) is 0.207. The van der Waals surface area contributed by atoms with Gasteiger partial charge in [0, 0.05) is 35.2 Å². The predicted octanol–water partition coefficient (Wildman–Crippen LogP) is 6.94. The summed E-state index contributed by atoms with van der Waals surface area (Å²) in [6.07, 6.45) is 1.78. The van der Waals surface area contributed by atoms with Crippen molar-refractivity contribution in [2.75, 3.05) is 17.3 Å². The number of anilines is 2. The van der Waals surface area contributed by atoms with Crippen molar-refractivity contribution in [3.63, 3.8) is 0 Å². The standard InChI is InChI=1S/C29H27Cl2N5O2S/c1-16-13-21(17(2)35(16)25-10-8-19(30)14-22(25)31)28-27(23-7-5-6-12-32-23)34-29(39)36(28)20-9-11-26(38-4)24(15-20)33-18(3)37/h5-15,27-28H,1-4H3,(H,33,37)(H,34,39). The molecule has 1 amide bonds. The predicted molar refractivity (Wildman–Crippen MR) is 160 cm³/mol. The van der Waals surface area contributed by atoms with Crippen LogP contribution in [-0.4, -0.2) is 27.7 Å². The maximum Gasteiger partial charge on any atom is 0.221 e. The second kappa shape index (κ2) is 10.9. The molecular formula is C29H27Cl2N5O2S. The molecule has 1 aliphatic rings. The molecule has 2 atom stereocenters. The number of nitrogens with zero attached hydrogens (tertiary/aromatic N) is 3. The lowest BCUT2D eigenvalue weighted by Crippen LogP contribution is -2.29. The third kappa shape index (κ3) is 5.07. The first-order valence-electron chi connectivity index (χ1n) is 12.3. The number of nitrogens with one attached hydrogen (secondary N) is 2. The molecule has 39 heavy (non-hydrogen) atoms. The molecule has 1 aliphatic heterocycles. The van der Waals surface area contributed by atoms with Crippen LogP contribution in [0.2, 0.25) is 10.0 Å². The molecule has 0 bridgehead atoms. The van der Waals surface area contributed by atoms with Crippen molar-refractivity contribution < 1.29 is 9.53 Å². The van der Waals surface area contributed by atoms with Crippen molar-refractivity contribution in [3.8, 4) is 11.4 Å². The van der Waals surface area contributed by atoms with E-state index in [1.165, 1.54) is 6.92 Å². The van der Waals surface area contributed by atoms with E-state index in [0.29, 0.717) is 26.6 Å². The highest BCUT2D eigenvalue weighted by molar-refractivity contribution is 7.80. The normalized spacial score (nSPS) is 16.8. The van der Waals surface area contributed by atoms with Gasteiger partial charge in [0.25, 0.3) is 0 Å². The zero-order valence-corrected chi connectivity index (χ0v) is 24.2. The number of rotatable bonds is 6. The van der Waals surface area contributed by atoms with Crippen LogP contribution in [0.25, 0.3) is 5.69 Å². The highest BCUT2D eigenvalue weighted by Crippen LogP contribution is 2.45. The van der Waals surface area contributed by atoms with Gasteiger partial charge in [-0.2, -0.15) is 0 Å². The summed E-state index contributed by atoms with van der Waals surface area (Å²) in [7, 11) is 1.57. The number of ether oxygens (including phenoxy) is 1. The van der Waals surface area contributed by atoms with E-state index in [1.807, 2.05) is 55.5 Å². The molecule has 3 heterocycles. The lowest BCUT2D eigenvalue weighted by molar-refractivity contribution is -0.114. The molecule has 5 rings (SSSR count). The first-order valence-corrected chi connectivity index (χ1v) is 13.5. The highest BCUT2D eigenvalue weighted by Gasteiger charge is 2.42. The Hall–Kier alpha value is -3.59. The van der Waals surface area contributed by atoms with Gasteiger partial charge in [0.1, 0.15) is 5.75 Å².